The van der Waals surface area contributed by atoms with Gasteiger partial charge in [-0.3, -0.25) is 0 Å². The Morgan fingerprint density at radius 1 is 1.17 bits per heavy atom. The number of aliphatic hydroxyl groups is 1. The van der Waals surface area contributed by atoms with Crippen molar-refractivity contribution in [2.75, 3.05) is 6.61 Å². The van der Waals surface area contributed by atoms with Crippen LogP contribution in [0, 0.1) is 5.92 Å². The molecule has 0 saturated heterocycles. The largest absolute Gasteiger partial charge is 0.494 e. The molecule has 0 atom stereocenters. The van der Waals surface area contributed by atoms with E-state index in [0.717, 1.165) is 42.9 Å². The number of ether oxygens (including phenoxy) is 1. The summed E-state index contributed by atoms with van der Waals surface area (Å²) < 4.78 is 5.43. The molecule has 0 heterocycles. The van der Waals surface area contributed by atoms with Crippen LogP contribution in [-0.2, 0) is 5.60 Å². The Morgan fingerprint density at radius 2 is 1.78 bits per heavy atom. The second-order valence-electron chi connectivity index (χ2n) is 5.34. The van der Waals surface area contributed by atoms with Crippen LogP contribution in [0.25, 0.3) is 0 Å². The normalized spacial score (nSPS) is 28.1. The van der Waals surface area contributed by atoms with Crippen LogP contribution in [0.3, 0.4) is 0 Å². The quantitative estimate of drug-likeness (QED) is 0.876. The van der Waals surface area contributed by atoms with Gasteiger partial charge in [0.2, 0.25) is 0 Å². The highest BCUT2D eigenvalue weighted by molar-refractivity contribution is 5.31. The molecule has 1 fully saturated rings. The first-order valence-electron chi connectivity index (χ1n) is 7.13. The van der Waals surface area contributed by atoms with Crippen molar-refractivity contribution in [2.24, 2.45) is 5.92 Å². The maximum absolute atomic E-state index is 10.7. The molecule has 0 radical (unpaired) electrons. The predicted molar refractivity (Wildman–Crippen MR) is 73.8 cm³/mol. The fourth-order valence-corrected chi connectivity index (χ4v) is 2.88. The lowest BCUT2D eigenvalue weighted by Gasteiger charge is -2.36. The van der Waals surface area contributed by atoms with Gasteiger partial charge in [-0.15, -0.1) is 0 Å². The van der Waals surface area contributed by atoms with Crippen LogP contribution in [0.1, 0.15) is 51.5 Å². The monoisotopic (exact) mass is 248 g/mol. The van der Waals surface area contributed by atoms with Gasteiger partial charge >= 0.3 is 0 Å². The zero-order valence-electron chi connectivity index (χ0n) is 11.5. The van der Waals surface area contributed by atoms with Crippen molar-refractivity contribution in [2.45, 2.75) is 51.6 Å². The van der Waals surface area contributed by atoms with Gasteiger partial charge < -0.3 is 9.84 Å². The summed E-state index contributed by atoms with van der Waals surface area (Å²) in [5.41, 5.74) is 0.427. The van der Waals surface area contributed by atoms with Crippen molar-refractivity contribution in [3.05, 3.63) is 29.8 Å². The Hall–Kier alpha value is -1.02. The molecular formula is C16H24O2. The molecule has 1 N–H and O–H groups in total. The van der Waals surface area contributed by atoms with Gasteiger partial charge in [-0.2, -0.15) is 0 Å². The van der Waals surface area contributed by atoms with E-state index in [0.29, 0.717) is 6.61 Å². The van der Waals surface area contributed by atoms with E-state index >= 15 is 0 Å². The van der Waals surface area contributed by atoms with Gasteiger partial charge in [0.1, 0.15) is 5.75 Å². The fourth-order valence-electron chi connectivity index (χ4n) is 2.88. The van der Waals surface area contributed by atoms with E-state index in [2.05, 4.69) is 6.92 Å². The lowest BCUT2D eigenvalue weighted by Crippen LogP contribution is -2.31. The molecule has 1 aliphatic carbocycles. The molecule has 18 heavy (non-hydrogen) atoms. The van der Waals surface area contributed by atoms with E-state index < -0.39 is 5.60 Å². The Balaban J connectivity index is 2.06. The topological polar surface area (TPSA) is 29.5 Å². The van der Waals surface area contributed by atoms with Gasteiger partial charge in [-0.05, 0) is 56.2 Å². The van der Waals surface area contributed by atoms with Gasteiger partial charge in [0.25, 0.3) is 0 Å². The van der Waals surface area contributed by atoms with Gasteiger partial charge in [-0.25, -0.2) is 0 Å². The van der Waals surface area contributed by atoms with E-state index in [4.69, 9.17) is 4.74 Å². The van der Waals surface area contributed by atoms with Crippen molar-refractivity contribution in [3.8, 4) is 5.75 Å². The highest BCUT2D eigenvalue weighted by atomic mass is 16.5. The highest BCUT2D eigenvalue weighted by Crippen LogP contribution is 2.40. The molecule has 1 aromatic carbocycles. The molecule has 0 spiro atoms. The molecule has 0 aliphatic heterocycles. The molecule has 100 valence electrons. The van der Waals surface area contributed by atoms with Crippen molar-refractivity contribution < 1.29 is 9.84 Å². The molecule has 0 amide bonds. The maximum atomic E-state index is 10.7. The standard InChI is InChI=1S/C16H24O2/c1-3-13-9-11-16(17,12-10-13)14-5-7-15(8-6-14)18-4-2/h5-8,13,17H,3-4,9-12H2,1-2H3. The number of hydrogen-bond acceptors (Lipinski definition) is 2. The van der Waals surface area contributed by atoms with E-state index in [9.17, 15) is 5.11 Å². The lowest BCUT2D eigenvalue weighted by atomic mass is 9.74. The van der Waals surface area contributed by atoms with Crippen LogP contribution in [0.5, 0.6) is 5.75 Å². The summed E-state index contributed by atoms with van der Waals surface area (Å²) in [5.74, 6) is 1.68. The van der Waals surface area contributed by atoms with Crippen LogP contribution in [0.4, 0.5) is 0 Å². The molecule has 2 nitrogen and oxygen atoms in total. The van der Waals surface area contributed by atoms with Crippen LogP contribution in [-0.4, -0.2) is 11.7 Å². The molecule has 0 aromatic heterocycles. The predicted octanol–water partition coefficient (Wildman–Crippen LogP) is 3.87. The van der Waals surface area contributed by atoms with Crippen LogP contribution in [0.15, 0.2) is 24.3 Å². The number of hydrogen-bond donors (Lipinski definition) is 1. The first-order chi connectivity index (χ1) is 8.68. The van der Waals surface area contributed by atoms with E-state index in [-0.39, 0.29) is 0 Å². The molecule has 1 saturated carbocycles. The SMILES string of the molecule is CCOc1ccc(C2(O)CCC(CC)CC2)cc1. The summed E-state index contributed by atoms with van der Waals surface area (Å²) in [4.78, 5) is 0. The Bertz CT molecular complexity index is 361. The fraction of sp³-hybridized carbons (Fsp3) is 0.625. The zero-order valence-corrected chi connectivity index (χ0v) is 11.5. The van der Waals surface area contributed by atoms with Gasteiger partial charge in [0.05, 0.1) is 12.2 Å². The molecule has 2 heteroatoms. The van der Waals surface area contributed by atoms with Crippen molar-refractivity contribution >= 4 is 0 Å². The Labute approximate surface area is 110 Å². The molecule has 1 aliphatic rings. The minimum atomic E-state index is -0.615. The second-order valence-corrected chi connectivity index (χ2v) is 5.34. The summed E-state index contributed by atoms with van der Waals surface area (Å²) in [6.07, 6.45) is 5.29. The minimum Gasteiger partial charge on any atom is -0.494 e. The maximum Gasteiger partial charge on any atom is 0.119 e. The van der Waals surface area contributed by atoms with Crippen molar-refractivity contribution in [1.29, 1.82) is 0 Å². The first kappa shape index (κ1) is 13.4. The number of rotatable bonds is 4. The first-order valence-corrected chi connectivity index (χ1v) is 7.13. The molecule has 0 bridgehead atoms. The van der Waals surface area contributed by atoms with Gasteiger partial charge in [0.15, 0.2) is 0 Å². The third-order valence-corrected chi connectivity index (χ3v) is 4.21. The summed E-state index contributed by atoms with van der Waals surface area (Å²) in [5, 5.41) is 10.7. The highest BCUT2D eigenvalue weighted by Gasteiger charge is 2.34. The average molecular weight is 248 g/mol. The summed E-state index contributed by atoms with van der Waals surface area (Å²) >= 11 is 0. The zero-order chi connectivity index (χ0) is 13.0. The Kier molecular flexibility index (Phi) is 4.28. The molecule has 2 rings (SSSR count). The van der Waals surface area contributed by atoms with E-state index in [1.54, 1.807) is 0 Å². The Morgan fingerprint density at radius 3 is 2.28 bits per heavy atom. The second kappa shape index (κ2) is 5.75. The molecular weight excluding hydrogens is 224 g/mol. The lowest BCUT2D eigenvalue weighted by molar-refractivity contribution is -0.0146. The smallest absolute Gasteiger partial charge is 0.119 e. The summed E-state index contributed by atoms with van der Waals surface area (Å²) in [6, 6.07) is 7.94. The van der Waals surface area contributed by atoms with Crippen LogP contribution < -0.4 is 4.74 Å². The van der Waals surface area contributed by atoms with E-state index in [1.807, 2.05) is 31.2 Å². The third kappa shape index (κ3) is 2.86. The third-order valence-electron chi connectivity index (χ3n) is 4.21. The van der Waals surface area contributed by atoms with Gasteiger partial charge in [0, 0.05) is 0 Å². The van der Waals surface area contributed by atoms with Crippen molar-refractivity contribution in [1.82, 2.24) is 0 Å². The number of benzene rings is 1. The van der Waals surface area contributed by atoms with Crippen LogP contribution >= 0.6 is 0 Å². The van der Waals surface area contributed by atoms with E-state index in [1.165, 1.54) is 6.42 Å². The van der Waals surface area contributed by atoms with Crippen LogP contribution in [0.2, 0.25) is 0 Å². The molecule has 1 aromatic rings. The van der Waals surface area contributed by atoms with Gasteiger partial charge in [-0.1, -0.05) is 25.5 Å². The summed E-state index contributed by atoms with van der Waals surface area (Å²) in [6.45, 7) is 4.90. The average Bonchev–Trinajstić information content (AvgIpc) is 2.41. The van der Waals surface area contributed by atoms with Crippen molar-refractivity contribution in [3.63, 3.8) is 0 Å². The summed E-state index contributed by atoms with van der Waals surface area (Å²) in [7, 11) is 0. The minimum absolute atomic E-state index is 0.615. The molecule has 0 unspecified atom stereocenters.